The number of aliphatic hydroxyl groups is 1. The minimum Gasteiger partial charge on any atom is -0.393 e. The topological polar surface area (TPSA) is 78.4 Å². The summed E-state index contributed by atoms with van der Waals surface area (Å²) in [6, 6.07) is 0. The van der Waals surface area contributed by atoms with Crippen LogP contribution in [0.25, 0.3) is 0 Å². The van der Waals surface area contributed by atoms with Crippen LogP contribution in [0.4, 0.5) is 0 Å². The Hall–Kier alpha value is -1.10. The van der Waals surface area contributed by atoms with E-state index in [0.29, 0.717) is 32.4 Å². The van der Waals surface area contributed by atoms with Crippen LogP contribution < -0.4 is 10.6 Å². The predicted octanol–water partition coefficient (Wildman–Crippen LogP) is 1.35. The van der Waals surface area contributed by atoms with Gasteiger partial charge in [-0.25, -0.2) is 0 Å². The van der Waals surface area contributed by atoms with E-state index in [1.54, 1.807) is 0 Å². The lowest BCUT2D eigenvalue weighted by molar-refractivity contribution is -0.126. The van der Waals surface area contributed by atoms with Crippen molar-refractivity contribution >= 4 is 11.8 Å². The molecule has 0 aromatic carbocycles. The van der Waals surface area contributed by atoms with Crippen molar-refractivity contribution in [3.63, 3.8) is 0 Å². The molecule has 0 aliphatic heterocycles. The van der Waals surface area contributed by atoms with Crippen molar-refractivity contribution in [2.75, 3.05) is 13.1 Å². The quantitative estimate of drug-likeness (QED) is 0.629. The van der Waals surface area contributed by atoms with Crippen molar-refractivity contribution in [1.82, 2.24) is 10.6 Å². The number of amides is 2. The van der Waals surface area contributed by atoms with E-state index >= 15 is 0 Å². The second-order valence-electron chi connectivity index (χ2n) is 5.58. The van der Waals surface area contributed by atoms with Crippen LogP contribution >= 0.6 is 0 Å². The minimum atomic E-state index is -0.346. The molecule has 20 heavy (non-hydrogen) atoms. The van der Waals surface area contributed by atoms with E-state index in [4.69, 9.17) is 0 Å². The maximum atomic E-state index is 11.8. The molecule has 1 atom stereocenters. The van der Waals surface area contributed by atoms with E-state index in [0.717, 1.165) is 25.7 Å². The molecule has 0 saturated heterocycles. The Bertz CT molecular complexity index is 301. The molecule has 1 saturated carbocycles. The van der Waals surface area contributed by atoms with Gasteiger partial charge in [0.25, 0.3) is 0 Å². The number of aliphatic hydroxyl groups excluding tert-OH is 1. The normalized spacial score (nSPS) is 17.5. The minimum absolute atomic E-state index is 0.0720. The first-order chi connectivity index (χ1) is 9.63. The molecule has 2 amide bonds. The molecular formula is C15H28N2O3. The van der Waals surface area contributed by atoms with Gasteiger partial charge in [-0.3, -0.25) is 9.59 Å². The largest absolute Gasteiger partial charge is 0.393 e. The van der Waals surface area contributed by atoms with Gasteiger partial charge in [-0.1, -0.05) is 26.2 Å². The van der Waals surface area contributed by atoms with Gasteiger partial charge in [0.05, 0.1) is 6.10 Å². The molecule has 0 radical (unpaired) electrons. The molecule has 1 aliphatic rings. The molecule has 0 aromatic heterocycles. The van der Waals surface area contributed by atoms with Crippen molar-refractivity contribution in [3.05, 3.63) is 0 Å². The Kier molecular flexibility index (Phi) is 8.26. The summed E-state index contributed by atoms with van der Waals surface area (Å²) in [6.45, 7) is 2.80. The number of rotatable bonds is 8. The van der Waals surface area contributed by atoms with Gasteiger partial charge in [0.2, 0.25) is 11.8 Å². The highest BCUT2D eigenvalue weighted by Gasteiger charge is 2.20. The Balaban J connectivity index is 2.04. The molecule has 0 heterocycles. The average molecular weight is 284 g/mol. The smallest absolute Gasteiger partial charge is 0.223 e. The summed E-state index contributed by atoms with van der Waals surface area (Å²) in [6.07, 6.45) is 6.71. The second kappa shape index (κ2) is 9.75. The van der Waals surface area contributed by atoms with Crippen LogP contribution in [0, 0.1) is 5.92 Å². The van der Waals surface area contributed by atoms with E-state index in [1.807, 2.05) is 6.92 Å². The lowest BCUT2D eigenvalue weighted by Crippen LogP contribution is -2.35. The van der Waals surface area contributed by atoms with Crippen LogP contribution in [-0.2, 0) is 9.59 Å². The molecule has 5 heteroatoms. The summed E-state index contributed by atoms with van der Waals surface area (Å²) in [7, 11) is 0. The standard InChI is InChI=1S/C15H28N2O3/c1-2-13(18)8-10-16-14(19)9-11-17-15(20)12-6-4-3-5-7-12/h12-13,18H,2-11H2,1H3,(H,16,19)(H,17,20). The lowest BCUT2D eigenvalue weighted by atomic mass is 9.89. The van der Waals surface area contributed by atoms with Gasteiger partial charge >= 0.3 is 0 Å². The molecule has 0 bridgehead atoms. The van der Waals surface area contributed by atoms with Crippen molar-refractivity contribution in [2.45, 2.75) is 64.4 Å². The first kappa shape index (κ1) is 17.0. The lowest BCUT2D eigenvalue weighted by Gasteiger charge is -2.20. The third-order valence-electron chi connectivity index (χ3n) is 3.90. The van der Waals surface area contributed by atoms with E-state index in [2.05, 4.69) is 10.6 Å². The highest BCUT2D eigenvalue weighted by molar-refractivity contribution is 5.80. The van der Waals surface area contributed by atoms with Gasteiger partial charge in [0.1, 0.15) is 0 Å². The van der Waals surface area contributed by atoms with Crippen molar-refractivity contribution in [2.24, 2.45) is 5.92 Å². The predicted molar refractivity (Wildman–Crippen MR) is 78.1 cm³/mol. The number of carbonyl (C=O) groups is 2. The molecule has 1 unspecified atom stereocenters. The zero-order valence-electron chi connectivity index (χ0n) is 12.5. The van der Waals surface area contributed by atoms with Crippen LogP contribution in [0.1, 0.15) is 58.3 Å². The zero-order valence-corrected chi connectivity index (χ0v) is 12.5. The summed E-state index contributed by atoms with van der Waals surface area (Å²) in [5, 5.41) is 15.0. The number of nitrogens with one attached hydrogen (secondary N) is 2. The van der Waals surface area contributed by atoms with Gasteiger partial charge in [-0.05, 0) is 25.7 Å². The fourth-order valence-corrected chi connectivity index (χ4v) is 2.48. The number of carbonyl (C=O) groups excluding carboxylic acids is 2. The van der Waals surface area contributed by atoms with E-state index in [9.17, 15) is 14.7 Å². The Labute approximate surface area is 121 Å². The first-order valence-electron chi connectivity index (χ1n) is 7.86. The highest BCUT2D eigenvalue weighted by Crippen LogP contribution is 2.23. The Morgan fingerprint density at radius 1 is 1.15 bits per heavy atom. The molecule has 0 aromatic rings. The summed E-state index contributed by atoms with van der Waals surface area (Å²) < 4.78 is 0. The molecule has 1 rings (SSSR count). The molecule has 0 spiro atoms. The molecule has 3 N–H and O–H groups in total. The van der Waals surface area contributed by atoms with Gasteiger partial charge in [0.15, 0.2) is 0 Å². The summed E-state index contributed by atoms with van der Waals surface area (Å²) in [4.78, 5) is 23.4. The number of hydrogen-bond acceptors (Lipinski definition) is 3. The van der Waals surface area contributed by atoms with Crippen LogP contribution in [0.2, 0.25) is 0 Å². The fraction of sp³-hybridized carbons (Fsp3) is 0.867. The van der Waals surface area contributed by atoms with Crippen molar-refractivity contribution < 1.29 is 14.7 Å². The van der Waals surface area contributed by atoms with E-state index < -0.39 is 0 Å². The monoisotopic (exact) mass is 284 g/mol. The summed E-state index contributed by atoms with van der Waals surface area (Å²) >= 11 is 0. The van der Waals surface area contributed by atoms with Crippen LogP contribution in [-0.4, -0.2) is 36.1 Å². The summed E-state index contributed by atoms with van der Waals surface area (Å²) in [5.74, 6) is 0.169. The van der Waals surface area contributed by atoms with Crippen molar-refractivity contribution in [3.8, 4) is 0 Å². The molecular weight excluding hydrogens is 256 g/mol. The second-order valence-corrected chi connectivity index (χ2v) is 5.58. The van der Waals surface area contributed by atoms with Gasteiger partial charge in [-0.2, -0.15) is 0 Å². The summed E-state index contributed by atoms with van der Waals surface area (Å²) in [5.41, 5.74) is 0. The Morgan fingerprint density at radius 2 is 1.85 bits per heavy atom. The number of hydrogen-bond donors (Lipinski definition) is 3. The van der Waals surface area contributed by atoms with Crippen LogP contribution in [0.3, 0.4) is 0 Å². The van der Waals surface area contributed by atoms with Crippen LogP contribution in [0.5, 0.6) is 0 Å². The maximum Gasteiger partial charge on any atom is 0.223 e. The van der Waals surface area contributed by atoms with Gasteiger partial charge < -0.3 is 15.7 Å². The van der Waals surface area contributed by atoms with Crippen molar-refractivity contribution in [1.29, 1.82) is 0 Å². The van der Waals surface area contributed by atoms with E-state index in [-0.39, 0.29) is 23.8 Å². The molecule has 1 fully saturated rings. The Morgan fingerprint density at radius 3 is 2.50 bits per heavy atom. The van der Waals surface area contributed by atoms with Gasteiger partial charge in [0, 0.05) is 25.4 Å². The molecule has 1 aliphatic carbocycles. The third kappa shape index (κ3) is 6.89. The molecule has 5 nitrogen and oxygen atoms in total. The molecule has 116 valence electrons. The average Bonchev–Trinajstić information content (AvgIpc) is 2.47. The fourth-order valence-electron chi connectivity index (χ4n) is 2.48. The SMILES string of the molecule is CCC(O)CCNC(=O)CCNC(=O)C1CCCCC1. The first-order valence-corrected chi connectivity index (χ1v) is 7.86. The van der Waals surface area contributed by atoms with Gasteiger partial charge in [-0.15, -0.1) is 0 Å². The zero-order chi connectivity index (χ0) is 14.8. The maximum absolute atomic E-state index is 11.8. The van der Waals surface area contributed by atoms with E-state index in [1.165, 1.54) is 6.42 Å². The highest BCUT2D eigenvalue weighted by atomic mass is 16.3. The van der Waals surface area contributed by atoms with Crippen LogP contribution in [0.15, 0.2) is 0 Å². The third-order valence-corrected chi connectivity index (χ3v) is 3.90.